The number of halogens is 1. The third-order valence-electron chi connectivity index (χ3n) is 3.71. The van der Waals surface area contributed by atoms with Crippen LogP contribution in [0.25, 0.3) is 0 Å². The number of H-pyrrole nitrogens is 1. The Kier molecular flexibility index (Phi) is 4.09. The minimum atomic E-state index is -3.83. The van der Waals surface area contributed by atoms with E-state index in [9.17, 15) is 13.2 Å². The molecule has 0 unspecified atom stereocenters. The van der Waals surface area contributed by atoms with E-state index in [0.29, 0.717) is 4.60 Å². The fourth-order valence-corrected chi connectivity index (χ4v) is 3.87. The summed E-state index contributed by atoms with van der Waals surface area (Å²) in [6, 6.07) is 3.23. The van der Waals surface area contributed by atoms with E-state index < -0.39 is 15.6 Å². The van der Waals surface area contributed by atoms with Gasteiger partial charge in [0.15, 0.2) is 0 Å². The molecule has 0 radical (unpaired) electrons. The number of aromatic nitrogens is 3. The monoisotopic (exact) mass is 386 g/mol. The van der Waals surface area contributed by atoms with Crippen LogP contribution in [0.1, 0.15) is 31.7 Å². The van der Waals surface area contributed by atoms with Gasteiger partial charge in [-0.05, 0) is 40.9 Å². The zero-order valence-corrected chi connectivity index (χ0v) is 14.0. The Morgan fingerprint density at radius 2 is 2.05 bits per heavy atom. The van der Waals surface area contributed by atoms with Crippen LogP contribution in [-0.2, 0) is 10.0 Å². The number of pyridine rings is 1. The molecule has 9 heteroatoms. The molecule has 118 valence electrons. The highest BCUT2D eigenvalue weighted by atomic mass is 79.9. The van der Waals surface area contributed by atoms with Crippen molar-refractivity contribution in [3.05, 3.63) is 39.5 Å². The summed E-state index contributed by atoms with van der Waals surface area (Å²) in [5.41, 5.74) is -0.544. The lowest BCUT2D eigenvalue weighted by Crippen LogP contribution is -2.19. The zero-order valence-electron chi connectivity index (χ0n) is 11.6. The number of rotatable bonds is 4. The van der Waals surface area contributed by atoms with Crippen LogP contribution in [0.15, 0.2) is 38.8 Å². The van der Waals surface area contributed by atoms with E-state index in [2.05, 4.69) is 30.7 Å². The van der Waals surface area contributed by atoms with Crippen molar-refractivity contribution in [2.24, 2.45) is 0 Å². The third-order valence-corrected chi connectivity index (χ3v) is 5.49. The van der Waals surface area contributed by atoms with Gasteiger partial charge in [-0.25, -0.2) is 8.42 Å². The van der Waals surface area contributed by atoms with Crippen molar-refractivity contribution in [2.75, 3.05) is 4.72 Å². The molecule has 2 aromatic rings. The standard InChI is InChI=1S/C13H15BrN4O3S/c14-12-6-5-11(13(19)16-12)17-22(20,21)10-7-15-18(8-10)9-3-1-2-4-9/h5-9,17H,1-4H2,(H,16,19). The summed E-state index contributed by atoms with van der Waals surface area (Å²) in [4.78, 5) is 14.3. The second-order valence-corrected chi connectivity index (χ2v) is 7.79. The fraction of sp³-hybridized carbons (Fsp3) is 0.385. The van der Waals surface area contributed by atoms with Crippen LogP contribution in [0.2, 0.25) is 0 Å². The smallest absolute Gasteiger partial charge is 0.273 e. The van der Waals surface area contributed by atoms with Crippen LogP contribution < -0.4 is 10.3 Å². The normalized spacial score (nSPS) is 16.0. The van der Waals surface area contributed by atoms with Crippen molar-refractivity contribution in [2.45, 2.75) is 36.6 Å². The molecule has 0 aromatic carbocycles. The number of hydrogen-bond acceptors (Lipinski definition) is 4. The van der Waals surface area contributed by atoms with E-state index in [4.69, 9.17) is 0 Å². The first-order valence-corrected chi connectivity index (χ1v) is 9.19. The van der Waals surface area contributed by atoms with Gasteiger partial charge in [-0.15, -0.1) is 0 Å². The predicted molar refractivity (Wildman–Crippen MR) is 85.3 cm³/mol. The van der Waals surface area contributed by atoms with Gasteiger partial charge in [0, 0.05) is 6.20 Å². The van der Waals surface area contributed by atoms with Crippen molar-refractivity contribution in [3.8, 4) is 0 Å². The molecular formula is C13H15BrN4O3S. The zero-order chi connectivity index (χ0) is 15.7. The predicted octanol–water partition coefficient (Wildman–Crippen LogP) is 2.25. The van der Waals surface area contributed by atoms with E-state index >= 15 is 0 Å². The van der Waals surface area contributed by atoms with Crippen LogP contribution in [-0.4, -0.2) is 23.2 Å². The van der Waals surface area contributed by atoms with E-state index in [1.54, 1.807) is 10.7 Å². The van der Waals surface area contributed by atoms with Crippen molar-refractivity contribution in [1.29, 1.82) is 0 Å². The molecule has 2 N–H and O–H groups in total. The second kappa shape index (κ2) is 5.88. The van der Waals surface area contributed by atoms with Crippen LogP contribution in [0.3, 0.4) is 0 Å². The van der Waals surface area contributed by atoms with Crippen molar-refractivity contribution >= 4 is 31.6 Å². The first kappa shape index (κ1) is 15.3. The molecule has 1 aliphatic carbocycles. The molecule has 22 heavy (non-hydrogen) atoms. The van der Waals surface area contributed by atoms with Crippen molar-refractivity contribution < 1.29 is 8.42 Å². The molecule has 0 amide bonds. The van der Waals surface area contributed by atoms with Crippen molar-refractivity contribution in [3.63, 3.8) is 0 Å². The quantitative estimate of drug-likeness (QED) is 0.787. The molecule has 0 bridgehead atoms. The highest BCUT2D eigenvalue weighted by Crippen LogP contribution is 2.29. The van der Waals surface area contributed by atoms with Gasteiger partial charge in [0.05, 0.1) is 16.8 Å². The average Bonchev–Trinajstić information content (AvgIpc) is 3.11. The topological polar surface area (TPSA) is 96.8 Å². The largest absolute Gasteiger partial charge is 0.315 e. The number of anilines is 1. The summed E-state index contributed by atoms with van der Waals surface area (Å²) in [5.74, 6) is 0. The number of nitrogens with one attached hydrogen (secondary N) is 2. The summed E-state index contributed by atoms with van der Waals surface area (Å²) < 4.78 is 29.1. The summed E-state index contributed by atoms with van der Waals surface area (Å²) in [7, 11) is -3.83. The number of sulfonamides is 1. The summed E-state index contributed by atoms with van der Waals surface area (Å²) in [5, 5.41) is 4.15. The first-order chi connectivity index (χ1) is 10.5. The van der Waals surface area contributed by atoms with Crippen LogP contribution >= 0.6 is 15.9 Å². The Hall–Kier alpha value is -1.61. The van der Waals surface area contributed by atoms with E-state index in [1.807, 2.05) is 0 Å². The molecule has 2 heterocycles. The van der Waals surface area contributed by atoms with Gasteiger partial charge in [0.1, 0.15) is 10.6 Å². The summed E-state index contributed by atoms with van der Waals surface area (Å²) in [6.45, 7) is 0. The maximum absolute atomic E-state index is 12.3. The molecule has 0 saturated heterocycles. The van der Waals surface area contributed by atoms with Gasteiger partial charge < -0.3 is 4.98 Å². The lowest BCUT2D eigenvalue weighted by Gasteiger charge is -2.08. The summed E-state index contributed by atoms with van der Waals surface area (Å²) in [6.07, 6.45) is 7.14. The summed E-state index contributed by atoms with van der Waals surface area (Å²) >= 11 is 3.12. The Balaban J connectivity index is 1.85. The van der Waals surface area contributed by atoms with Crippen LogP contribution in [0.5, 0.6) is 0 Å². The number of aromatic amines is 1. The number of nitrogens with zero attached hydrogens (tertiary/aromatic N) is 2. The van der Waals surface area contributed by atoms with Gasteiger partial charge in [0.25, 0.3) is 15.6 Å². The fourth-order valence-electron chi connectivity index (χ4n) is 2.56. The lowest BCUT2D eigenvalue weighted by molar-refractivity contribution is 0.466. The highest BCUT2D eigenvalue weighted by molar-refractivity contribution is 9.10. The van der Waals surface area contributed by atoms with Crippen LogP contribution in [0, 0.1) is 0 Å². The number of hydrogen-bond donors (Lipinski definition) is 2. The molecule has 0 atom stereocenters. The average molecular weight is 387 g/mol. The molecular weight excluding hydrogens is 372 g/mol. The maximum Gasteiger partial charge on any atom is 0.273 e. The molecule has 0 spiro atoms. The van der Waals surface area contributed by atoms with E-state index in [1.165, 1.54) is 18.5 Å². The molecule has 0 aliphatic heterocycles. The molecule has 7 nitrogen and oxygen atoms in total. The maximum atomic E-state index is 12.3. The Morgan fingerprint density at radius 3 is 2.73 bits per heavy atom. The Bertz CT molecular complexity index is 837. The van der Waals surface area contributed by atoms with Gasteiger partial charge >= 0.3 is 0 Å². The van der Waals surface area contributed by atoms with Gasteiger partial charge in [-0.1, -0.05) is 12.8 Å². The second-order valence-electron chi connectivity index (χ2n) is 5.25. The molecule has 2 aromatic heterocycles. The van der Waals surface area contributed by atoms with Crippen molar-refractivity contribution in [1.82, 2.24) is 14.8 Å². The van der Waals surface area contributed by atoms with Gasteiger partial charge in [0.2, 0.25) is 0 Å². The minimum Gasteiger partial charge on any atom is -0.315 e. The Labute approximate surface area is 135 Å². The third kappa shape index (κ3) is 3.09. The first-order valence-electron chi connectivity index (χ1n) is 6.91. The van der Waals surface area contributed by atoms with E-state index in [-0.39, 0.29) is 16.6 Å². The highest BCUT2D eigenvalue weighted by Gasteiger charge is 2.22. The Morgan fingerprint density at radius 1 is 1.32 bits per heavy atom. The minimum absolute atomic E-state index is 0.0307. The lowest BCUT2D eigenvalue weighted by atomic mass is 10.3. The van der Waals surface area contributed by atoms with E-state index in [0.717, 1.165) is 25.7 Å². The molecule has 1 saturated carbocycles. The molecule has 1 aliphatic rings. The van der Waals surface area contributed by atoms with Gasteiger partial charge in [-0.2, -0.15) is 5.10 Å². The molecule has 3 rings (SSSR count). The SMILES string of the molecule is O=c1[nH]c(Br)ccc1NS(=O)(=O)c1cnn(C2CCCC2)c1. The van der Waals surface area contributed by atoms with Gasteiger partial charge in [-0.3, -0.25) is 14.2 Å². The molecule has 1 fully saturated rings. The van der Waals surface area contributed by atoms with Crippen LogP contribution in [0.4, 0.5) is 5.69 Å².